The Kier molecular flexibility index (Phi) is 4.55. The van der Waals surface area contributed by atoms with Crippen LogP contribution in [0.25, 0.3) is 5.69 Å². The quantitative estimate of drug-likeness (QED) is 0.668. The Balaban J connectivity index is 1.55. The molecule has 1 saturated heterocycles. The minimum atomic E-state index is -0.173. The molecule has 0 saturated carbocycles. The highest BCUT2D eigenvalue weighted by Crippen LogP contribution is 2.30. The maximum absolute atomic E-state index is 12.9. The summed E-state index contributed by atoms with van der Waals surface area (Å²) in [4.78, 5) is 12.9. The third kappa shape index (κ3) is 3.38. The van der Waals surface area contributed by atoms with Crippen LogP contribution in [0.15, 0.2) is 36.9 Å². The largest absolute Gasteiger partial charge is 0.494 e. The van der Waals surface area contributed by atoms with Crippen molar-refractivity contribution in [2.45, 2.75) is 5.92 Å². The first-order valence-electron chi connectivity index (χ1n) is 8.57. The minimum absolute atomic E-state index is 0.0401. The molecule has 0 spiro atoms. The number of aryl methyl sites for hydroxylation is 1. The van der Waals surface area contributed by atoms with Crippen LogP contribution in [0.2, 0.25) is 0 Å². The number of nitrogens with zero attached hydrogens (tertiary/aromatic N) is 6. The van der Waals surface area contributed by atoms with Crippen molar-refractivity contribution in [2.24, 2.45) is 13.0 Å². The van der Waals surface area contributed by atoms with Gasteiger partial charge in [-0.05, 0) is 34.2 Å². The van der Waals surface area contributed by atoms with Crippen molar-refractivity contribution < 1.29 is 9.53 Å². The second-order valence-electron chi connectivity index (χ2n) is 6.45. The Morgan fingerprint density at radius 2 is 2.26 bits per heavy atom. The number of tetrazole rings is 1. The zero-order valence-corrected chi connectivity index (χ0v) is 15.0. The van der Waals surface area contributed by atoms with Crippen molar-refractivity contribution in [2.75, 3.05) is 25.5 Å². The summed E-state index contributed by atoms with van der Waals surface area (Å²) in [6.07, 6.45) is 5.26. The highest BCUT2D eigenvalue weighted by Gasteiger charge is 2.34. The second kappa shape index (κ2) is 7.16. The fraction of sp³-hybridized carbons (Fsp3) is 0.353. The Morgan fingerprint density at radius 1 is 1.37 bits per heavy atom. The molecular formula is C17H20N8O2. The summed E-state index contributed by atoms with van der Waals surface area (Å²) in [6.45, 7) is 1.38. The van der Waals surface area contributed by atoms with Gasteiger partial charge in [0.15, 0.2) is 0 Å². The molecule has 0 unspecified atom stereocenters. The third-order valence-electron chi connectivity index (χ3n) is 4.75. The predicted octanol–water partition coefficient (Wildman–Crippen LogP) is 0.346. The summed E-state index contributed by atoms with van der Waals surface area (Å²) in [5, 5.41) is 21.7. The number of hydrogen-bond donors (Lipinski definition) is 2. The molecule has 1 amide bonds. The third-order valence-corrected chi connectivity index (χ3v) is 4.75. The van der Waals surface area contributed by atoms with Gasteiger partial charge in [-0.3, -0.25) is 9.48 Å². The van der Waals surface area contributed by atoms with Crippen molar-refractivity contribution in [3.05, 3.63) is 42.5 Å². The van der Waals surface area contributed by atoms with Crippen LogP contribution in [0.4, 0.5) is 5.69 Å². The SMILES string of the molecule is COc1ccc(NC(=O)[C@H]2CNC[C@@H]2c2cnn(C)c2)cc1-n1cnnn1. The zero-order chi connectivity index (χ0) is 18.8. The van der Waals surface area contributed by atoms with Crippen molar-refractivity contribution in [1.29, 1.82) is 0 Å². The van der Waals surface area contributed by atoms with Gasteiger partial charge in [-0.25, -0.2) is 0 Å². The van der Waals surface area contributed by atoms with E-state index >= 15 is 0 Å². The highest BCUT2D eigenvalue weighted by molar-refractivity contribution is 5.94. The van der Waals surface area contributed by atoms with Crippen LogP contribution in [-0.4, -0.2) is 56.1 Å². The molecule has 2 N–H and O–H groups in total. The molecule has 0 radical (unpaired) electrons. The average Bonchev–Trinajstić information content (AvgIpc) is 3.42. The molecule has 3 aromatic rings. The molecular weight excluding hydrogens is 348 g/mol. The van der Waals surface area contributed by atoms with Gasteiger partial charge in [0.05, 0.1) is 19.2 Å². The van der Waals surface area contributed by atoms with Gasteiger partial charge in [0, 0.05) is 37.9 Å². The summed E-state index contributed by atoms with van der Waals surface area (Å²) >= 11 is 0. The van der Waals surface area contributed by atoms with Crippen LogP contribution < -0.4 is 15.4 Å². The first-order chi connectivity index (χ1) is 13.2. The standard InChI is InChI=1S/C17H20N8O2/c1-24-9-11(6-20-24)13-7-18-8-14(13)17(26)21-12-3-4-16(27-2)15(5-12)25-10-19-22-23-25/h3-6,9-10,13-14,18H,7-8H2,1-2H3,(H,21,26)/t13-,14+/m1/s1. The van der Waals surface area contributed by atoms with Crippen LogP contribution in [0.3, 0.4) is 0 Å². The number of carbonyl (C=O) groups is 1. The van der Waals surface area contributed by atoms with Gasteiger partial charge < -0.3 is 15.4 Å². The molecule has 3 heterocycles. The molecule has 1 aliphatic rings. The van der Waals surface area contributed by atoms with Crippen molar-refractivity contribution >= 4 is 11.6 Å². The highest BCUT2D eigenvalue weighted by atomic mass is 16.5. The lowest BCUT2D eigenvalue weighted by atomic mass is 9.90. The van der Waals surface area contributed by atoms with Gasteiger partial charge >= 0.3 is 0 Å². The van der Waals surface area contributed by atoms with E-state index in [4.69, 9.17) is 4.74 Å². The molecule has 0 aliphatic carbocycles. The van der Waals surface area contributed by atoms with Crippen molar-refractivity contribution in [1.82, 2.24) is 35.3 Å². The molecule has 2 atom stereocenters. The lowest BCUT2D eigenvalue weighted by Gasteiger charge is -2.18. The normalized spacial score (nSPS) is 19.2. The van der Waals surface area contributed by atoms with E-state index < -0.39 is 0 Å². The average molecular weight is 368 g/mol. The van der Waals surface area contributed by atoms with E-state index in [0.717, 1.165) is 12.1 Å². The fourth-order valence-electron chi connectivity index (χ4n) is 3.39. The van der Waals surface area contributed by atoms with Crippen LogP contribution >= 0.6 is 0 Å². The van der Waals surface area contributed by atoms with Crippen molar-refractivity contribution in [3.8, 4) is 11.4 Å². The number of carbonyl (C=O) groups excluding carboxylic acids is 1. The number of ether oxygens (including phenoxy) is 1. The summed E-state index contributed by atoms with van der Waals surface area (Å²) in [7, 11) is 3.45. The Morgan fingerprint density at radius 3 is 2.96 bits per heavy atom. The number of methoxy groups -OCH3 is 1. The van der Waals surface area contributed by atoms with Gasteiger partial charge in [0.2, 0.25) is 5.91 Å². The minimum Gasteiger partial charge on any atom is -0.494 e. The maximum atomic E-state index is 12.9. The van der Waals surface area contributed by atoms with E-state index in [-0.39, 0.29) is 17.7 Å². The number of benzene rings is 1. The van der Waals surface area contributed by atoms with Crippen molar-refractivity contribution in [3.63, 3.8) is 0 Å². The summed E-state index contributed by atoms with van der Waals surface area (Å²) in [5.74, 6) is 0.487. The molecule has 1 fully saturated rings. The first-order valence-corrected chi connectivity index (χ1v) is 8.57. The van der Waals surface area contributed by atoms with Crippen LogP contribution in [0.5, 0.6) is 5.75 Å². The van der Waals surface area contributed by atoms with Gasteiger partial charge in [-0.15, -0.1) is 5.10 Å². The second-order valence-corrected chi connectivity index (χ2v) is 6.45. The number of nitrogens with one attached hydrogen (secondary N) is 2. The molecule has 1 aliphatic heterocycles. The van der Waals surface area contributed by atoms with Gasteiger partial charge in [-0.2, -0.15) is 9.78 Å². The van der Waals surface area contributed by atoms with E-state index in [1.165, 1.54) is 11.0 Å². The van der Waals surface area contributed by atoms with E-state index in [1.807, 2.05) is 19.4 Å². The summed E-state index contributed by atoms with van der Waals surface area (Å²) < 4.78 is 8.60. The lowest BCUT2D eigenvalue weighted by Crippen LogP contribution is -2.28. The lowest BCUT2D eigenvalue weighted by molar-refractivity contribution is -0.119. The molecule has 27 heavy (non-hydrogen) atoms. The maximum Gasteiger partial charge on any atom is 0.229 e. The predicted molar refractivity (Wildman–Crippen MR) is 96.6 cm³/mol. The molecule has 10 heteroatoms. The number of amides is 1. The molecule has 4 rings (SSSR count). The molecule has 2 aromatic heterocycles. The molecule has 0 bridgehead atoms. The Hall–Kier alpha value is -3.27. The first kappa shape index (κ1) is 17.2. The van der Waals surface area contributed by atoms with E-state index in [1.54, 1.807) is 30.0 Å². The van der Waals surface area contributed by atoms with Crippen LogP contribution in [0, 0.1) is 5.92 Å². The van der Waals surface area contributed by atoms with Gasteiger partial charge in [0.1, 0.15) is 17.8 Å². The summed E-state index contributed by atoms with van der Waals surface area (Å²) in [5.41, 5.74) is 2.36. The summed E-state index contributed by atoms with van der Waals surface area (Å²) in [6, 6.07) is 5.36. The molecule has 10 nitrogen and oxygen atoms in total. The number of hydrogen-bond acceptors (Lipinski definition) is 7. The zero-order valence-electron chi connectivity index (χ0n) is 15.0. The molecule has 1 aromatic carbocycles. The van der Waals surface area contributed by atoms with Crippen LogP contribution in [-0.2, 0) is 11.8 Å². The Labute approximate surface area is 155 Å². The Bertz CT molecular complexity index is 936. The van der Waals surface area contributed by atoms with Crippen LogP contribution in [0.1, 0.15) is 11.5 Å². The monoisotopic (exact) mass is 368 g/mol. The van der Waals surface area contributed by atoms with Gasteiger partial charge in [-0.1, -0.05) is 0 Å². The topological polar surface area (TPSA) is 112 Å². The van der Waals surface area contributed by atoms with E-state index in [2.05, 4.69) is 31.3 Å². The number of rotatable bonds is 5. The smallest absolute Gasteiger partial charge is 0.229 e. The number of anilines is 1. The number of aromatic nitrogens is 6. The van der Waals surface area contributed by atoms with Gasteiger partial charge in [0.25, 0.3) is 0 Å². The van der Waals surface area contributed by atoms with E-state index in [0.29, 0.717) is 23.7 Å². The fourth-order valence-corrected chi connectivity index (χ4v) is 3.39. The van der Waals surface area contributed by atoms with E-state index in [9.17, 15) is 4.79 Å². The molecule has 140 valence electrons.